The molecule has 136 valence electrons. The fourth-order valence-corrected chi connectivity index (χ4v) is 2.92. The topological polar surface area (TPSA) is 92.3 Å². The summed E-state index contributed by atoms with van der Waals surface area (Å²) in [5, 5.41) is 3.72. The highest BCUT2D eigenvalue weighted by molar-refractivity contribution is 7.92. The molecule has 0 bridgehead atoms. The molecule has 0 aliphatic rings. The van der Waals surface area contributed by atoms with Crippen LogP contribution in [0, 0.1) is 0 Å². The fraction of sp³-hybridized carbons (Fsp3) is 0.158. The maximum atomic E-state index is 11.9. The van der Waals surface area contributed by atoms with Gasteiger partial charge in [-0.15, -0.1) is 0 Å². The van der Waals surface area contributed by atoms with E-state index in [1.165, 1.54) is 13.0 Å². The number of rotatable bonds is 8. The zero-order valence-corrected chi connectivity index (χ0v) is 15.1. The van der Waals surface area contributed by atoms with Crippen LogP contribution in [0.4, 0.5) is 5.69 Å². The molecule has 2 N–H and O–H groups in total. The van der Waals surface area contributed by atoms with Gasteiger partial charge in [-0.2, -0.15) is 0 Å². The van der Waals surface area contributed by atoms with Crippen molar-refractivity contribution in [3.8, 4) is 0 Å². The van der Waals surface area contributed by atoms with Crippen LogP contribution in [0.5, 0.6) is 0 Å². The van der Waals surface area contributed by atoms with Gasteiger partial charge in [-0.3, -0.25) is 9.59 Å². The van der Waals surface area contributed by atoms with E-state index in [1.54, 1.807) is 36.4 Å². The number of Topliss-reactive ketones (excluding diaryl/α,β-unsaturated/α-hetero) is 1. The van der Waals surface area contributed by atoms with Crippen molar-refractivity contribution in [2.45, 2.75) is 13.3 Å². The van der Waals surface area contributed by atoms with E-state index >= 15 is 0 Å². The lowest BCUT2D eigenvalue weighted by Crippen LogP contribution is -2.26. The quantitative estimate of drug-likeness (QED) is 0.697. The molecule has 1 amide bonds. The van der Waals surface area contributed by atoms with E-state index in [0.717, 1.165) is 11.0 Å². The molecule has 0 atom stereocenters. The number of carbonyl (C=O) groups excluding carboxylic acids is 2. The second-order valence-corrected chi connectivity index (χ2v) is 7.24. The lowest BCUT2D eigenvalue weighted by atomic mass is 10.1. The molecule has 0 saturated heterocycles. The molecule has 0 spiro atoms. The molecule has 0 radical (unpaired) electrons. The summed E-state index contributed by atoms with van der Waals surface area (Å²) in [7, 11) is -3.61. The number of carbonyl (C=O) groups is 2. The normalized spacial score (nSPS) is 11.4. The van der Waals surface area contributed by atoms with Crippen molar-refractivity contribution >= 4 is 33.5 Å². The van der Waals surface area contributed by atoms with Crippen LogP contribution in [0.15, 0.2) is 60.0 Å². The van der Waals surface area contributed by atoms with Gasteiger partial charge >= 0.3 is 0 Å². The van der Waals surface area contributed by atoms with Crippen molar-refractivity contribution < 1.29 is 18.0 Å². The number of amides is 1. The van der Waals surface area contributed by atoms with Gasteiger partial charge in [0.15, 0.2) is 5.78 Å². The van der Waals surface area contributed by atoms with Gasteiger partial charge < -0.3 is 5.32 Å². The van der Waals surface area contributed by atoms with E-state index < -0.39 is 10.0 Å². The van der Waals surface area contributed by atoms with E-state index in [2.05, 4.69) is 10.0 Å². The Morgan fingerprint density at radius 2 is 1.65 bits per heavy atom. The predicted octanol–water partition coefficient (Wildman–Crippen LogP) is 2.81. The van der Waals surface area contributed by atoms with Crippen LogP contribution in [0.3, 0.4) is 0 Å². The van der Waals surface area contributed by atoms with E-state index in [1.807, 2.05) is 18.2 Å². The van der Waals surface area contributed by atoms with Gasteiger partial charge in [0.05, 0.1) is 0 Å². The first-order valence-electron chi connectivity index (χ1n) is 7.99. The fourth-order valence-electron chi connectivity index (χ4n) is 2.10. The smallest absolute Gasteiger partial charge is 0.233 e. The van der Waals surface area contributed by atoms with Gasteiger partial charge in [0, 0.05) is 29.6 Å². The predicted molar refractivity (Wildman–Crippen MR) is 102 cm³/mol. The molecule has 2 aromatic rings. The van der Waals surface area contributed by atoms with Gasteiger partial charge in [0.1, 0.15) is 0 Å². The molecule has 7 heteroatoms. The van der Waals surface area contributed by atoms with Gasteiger partial charge in [-0.25, -0.2) is 13.1 Å². The second kappa shape index (κ2) is 9.07. The van der Waals surface area contributed by atoms with Gasteiger partial charge in [-0.1, -0.05) is 30.3 Å². The maximum Gasteiger partial charge on any atom is 0.233 e. The lowest BCUT2D eigenvalue weighted by molar-refractivity contribution is -0.116. The summed E-state index contributed by atoms with van der Waals surface area (Å²) >= 11 is 0. The minimum atomic E-state index is -3.61. The molecule has 0 aliphatic heterocycles. The Bertz CT molecular complexity index is 889. The molecular weight excluding hydrogens is 352 g/mol. The number of ketones is 1. The van der Waals surface area contributed by atoms with Crippen molar-refractivity contribution in [1.82, 2.24) is 4.72 Å². The third kappa shape index (κ3) is 6.62. The van der Waals surface area contributed by atoms with Crippen LogP contribution in [0.1, 0.15) is 29.3 Å². The Labute approximate surface area is 153 Å². The zero-order valence-electron chi connectivity index (χ0n) is 14.3. The van der Waals surface area contributed by atoms with Gasteiger partial charge in [0.25, 0.3) is 0 Å². The molecule has 0 heterocycles. The highest BCUT2D eigenvalue weighted by Crippen LogP contribution is 2.10. The number of hydrogen-bond donors (Lipinski definition) is 2. The first-order chi connectivity index (χ1) is 12.4. The van der Waals surface area contributed by atoms with E-state index in [4.69, 9.17) is 0 Å². The number of sulfonamides is 1. The zero-order chi connectivity index (χ0) is 19.0. The van der Waals surface area contributed by atoms with Crippen molar-refractivity contribution in [3.63, 3.8) is 0 Å². The van der Waals surface area contributed by atoms with Crippen LogP contribution in [0.25, 0.3) is 6.08 Å². The highest BCUT2D eigenvalue weighted by Gasteiger charge is 2.08. The summed E-state index contributed by atoms with van der Waals surface area (Å²) in [6.07, 6.45) is 1.48. The number of nitrogens with one attached hydrogen (secondary N) is 2. The molecule has 0 unspecified atom stereocenters. The van der Waals surface area contributed by atoms with Gasteiger partial charge in [-0.05, 0) is 42.8 Å². The Morgan fingerprint density at radius 1 is 1.00 bits per heavy atom. The number of hydrogen-bond acceptors (Lipinski definition) is 4. The van der Waals surface area contributed by atoms with E-state index in [9.17, 15) is 18.0 Å². The molecule has 6 nitrogen and oxygen atoms in total. The minimum Gasteiger partial charge on any atom is -0.326 e. The third-order valence-corrected chi connectivity index (χ3v) is 4.57. The summed E-state index contributed by atoms with van der Waals surface area (Å²) in [5.74, 6) is -0.379. The monoisotopic (exact) mass is 372 g/mol. The summed E-state index contributed by atoms with van der Waals surface area (Å²) in [5.41, 5.74) is 1.87. The minimum absolute atomic E-state index is 0.00708. The first kappa shape index (κ1) is 19.6. The summed E-state index contributed by atoms with van der Waals surface area (Å²) < 4.78 is 26.1. The van der Waals surface area contributed by atoms with Crippen molar-refractivity contribution in [2.24, 2.45) is 0 Å². The average Bonchev–Trinajstić information content (AvgIpc) is 2.61. The van der Waals surface area contributed by atoms with Crippen LogP contribution in [-0.2, 0) is 14.8 Å². The summed E-state index contributed by atoms with van der Waals surface area (Å²) in [4.78, 5) is 23.1. The molecule has 0 fully saturated rings. The SMILES string of the molecule is CC(=O)c1ccc(NC(=O)CCNS(=O)(=O)/C=C/c2ccccc2)cc1. The van der Waals surface area contributed by atoms with Crippen LogP contribution >= 0.6 is 0 Å². The lowest BCUT2D eigenvalue weighted by Gasteiger charge is -2.06. The molecule has 0 saturated carbocycles. The summed E-state index contributed by atoms with van der Waals surface area (Å²) in [6, 6.07) is 15.5. The molecule has 26 heavy (non-hydrogen) atoms. The standard InChI is InChI=1S/C19H20N2O4S/c1-15(22)17-7-9-18(10-8-17)21-19(23)11-13-20-26(24,25)14-12-16-5-3-2-4-6-16/h2-10,12,14,20H,11,13H2,1H3,(H,21,23)/b14-12+. The Kier molecular flexibility index (Phi) is 6.82. The van der Waals surface area contributed by atoms with Crippen LogP contribution in [0.2, 0.25) is 0 Å². The Hall–Kier alpha value is -2.77. The Morgan fingerprint density at radius 3 is 2.27 bits per heavy atom. The molecule has 2 aromatic carbocycles. The van der Waals surface area contributed by atoms with Crippen molar-refractivity contribution in [1.29, 1.82) is 0 Å². The summed E-state index contributed by atoms with van der Waals surface area (Å²) in [6.45, 7) is 1.45. The molecule has 2 rings (SSSR count). The molecule has 0 aromatic heterocycles. The van der Waals surface area contributed by atoms with Crippen molar-refractivity contribution in [3.05, 3.63) is 71.1 Å². The first-order valence-corrected chi connectivity index (χ1v) is 9.54. The maximum absolute atomic E-state index is 11.9. The van der Waals surface area contributed by atoms with Crippen LogP contribution < -0.4 is 10.0 Å². The van der Waals surface area contributed by atoms with Crippen LogP contribution in [-0.4, -0.2) is 26.7 Å². The third-order valence-electron chi connectivity index (χ3n) is 3.47. The van der Waals surface area contributed by atoms with E-state index in [0.29, 0.717) is 11.3 Å². The number of anilines is 1. The largest absolute Gasteiger partial charge is 0.326 e. The molecule has 0 aliphatic carbocycles. The highest BCUT2D eigenvalue weighted by atomic mass is 32.2. The molecular formula is C19H20N2O4S. The second-order valence-electron chi connectivity index (χ2n) is 5.58. The number of benzene rings is 2. The van der Waals surface area contributed by atoms with E-state index in [-0.39, 0.29) is 24.7 Å². The average molecular weight is 372 g/mol. The van der Waals surface area contributed by atoms with Crippen molar-refractivity contribution in [2.75, 3.05) is 11.9 Å². The Balaban J connectivity index is 1.80. The van der Waals surface area contributed by atoms with Gasteiger partial charge in [0.2, 0.25) is 15.9 Å².